The van der Waals surface area contributed by atoms with Crippen molar-refractivity contribution in [2.45, 2.75) is 19.3 Å². The van der Waals surface area contributed by atoms with Gasteiger partial charge >= 0.3 is 0 Å². The Bertz CT molecular complexity index is 893. The molecule has 1 aliphatic rings. The molecule has 0 atom stereocenters. The molecule has 0 nitrogen and oxygen atoms in total. The van der Waals surface area contributed by atoms with Crippen LogP contribution >= 0.6 is 27.5 Å². The van der Waals surface area contributed by atoms with Crippen LogP contribution in [-0.4, -0.2) is 0 Å². The summed E-state index contributed by atoms with van der Waals surface area (Å²) in [6.07, 6.45) is 0. The monoisotopic (exact) mass is 356 g/mol. The normalized spacial score (nSPS) is 15.0. The summed E-state index contributed by atoms with van der Waals surface area (Å²) in [5, 5.41) is 3.19. The van der Waals surface area contributed by atoms with E-state index in [0.717, 1.165) is 14.9 Å². The molecule has 0 unspecified atom stereocenters. The first kappa shape index (κ1) is 13.4. The molecule has 2 heteroatoms. The Balaban J connectivity index is 2.23. The highest BCUT2D eigenvalue weighted by Crippen LogP contribution is 2.52. The van der Waals surface area contributed by atoms with Crippen LogP contribution in [-0.2, 0) is 5.41 Å². The van der Waals surface area contributed by atoms with Crippen molar-refractivity contribution >= 4 is 38.3 Å². The van der Waals surface area contributed by atoms with Crippen molar-refractivity contribution in [2.75, 3.05) is 0 Å². The van der Waals surface area contributed by atoms with E-state index in [9.17, 15) is 0 Å². The fourth-order valence-corrected chi connectivity index (χ4v) is 4.27. The molecular weight excluding hydrogens is 344 g/mol. The van der Waals surface area contributed by atoms with E-state index in [0.29, 0.717) is 0 Å². The first-order valence-corrected chi connectivity index (χ1v) is 8.19. The summed E-state index contributed by atoms with van der Waals surface area (Å²) in [6.45, 7) is 4.60. The third-order valence-corrected chi connectivity index (χ3v) is 5.37. The smallest absolute Gasteiger partial charge is 0.0490 e. The topological polar surface area (TPSA) is 0 Å². The molecule has 0 saturated carbocycles. The standard InChI is InChI=1S/C19H14BrCl/c1-19(2)16-6-4-3-5-12(16)15-10-17(21)13-8-7-11(20)9-14(13)18(15)19/h3-10H,1-2H3. The highest BCUT2D eigenvalue weighted by Gasteiger charge is 2.37. The van der Waals surface area contributed by atoms with Crippen molar-refractivity contribution in [3.63, 3.8) is 0 Å². The summed E-state index contributed by atoms with van der Waals surface area (Å²) < 4.78 is 1.09. The van der Waals surface area contributed by atoms with Gasteiger partial charge in [-0.3, -0.25) is 0 Å². The van der Waals surface area contributed by atoms with E-state index in [1.54, 1.807) is 0 Å². The molecule has 0 amide bonds. The number of hydrogen-bond acceptors (Lipinski definition) is 0. The lowest BCUT2D eigenvalue weighted by atomic mass is 9.80. The average Bonchev–Trinajstić information content (AvgIpc) is 2.68. The fourth-order valence-electron chi connectivity index (χ4n) is 3.64. The van der Waals surface area contributed by atoms with Gasteiger partial charge in [0.2, 0.25) is 0 Å². The third-order valence-electron chi connectivity index (χ3n) is 4.56. The summed E-state index contributed by atoms with van der Waals surface area (Å²) in [6, 6.07) is 17.1. The van der Waals surface area contributed by atoms with Crippen LogP contribution in [0.4, 0.5) is 0 Å². The quantitative estimate of drug-likeness (QED) is 0.427. The second-order valence-corrected chi connectivity index (χ2v) is 7.46. The fraction of sp³-hybridized carbons (Fsp3) is 0.158. The van der Waals surface area contributed by atoms with Crippen LogP contribution in [0.5, 0.6) is 0 Å². The molecule has 0 aromatic heterocycles. The van der Waals surface area contributed by atoms with E-state index >= 15 is 0 Å². The Labute approximate surface area is 137 Å². The Kier molecular flexibility index (Phi) is 2.76. The lowest BCUT2D eigenvalue weighted by molar-refractivity contribution is 0.666. The van der Waals surface area contributed by atoms with Gasteiger partial charge in [0.05, 0.1) is 0 Å². The second-order valence-electron chi connectivity index (χ2n) is 6.14. The van der Waals surface area contributed by atoms with Crippen molar-refractivity contribution in [2.24, 2.45) is 0 Å². The van der Waals surface area contributed by atoms with Crippen LogP contribution in [0.15, 0.2) is 53.0 Å². The molecular formula is C19H14BrCl. The first-order chi connectivity index (χ1) is 10.00. The molecule has 1 aliphatic carbocycles. The van der Waals surface area contributed by atoms with E-state index in [4.69, 9.17) is 11.6 Å². The Hall–Kier alpha value is -1.31. The van der Waals surface area contributed by atoms with E-state index in [1.807, 2.05) is 0 Å². The molecule has 0 spiro atoms. The van der Waals surface area contributed by atoms with Crippen molar-refractivity contribution < 1.29 is 0 Å². The minimum Gasteiger partial charge on any atom is -0.0836 e. The van der Waals surface area contributed by atoms with Gasteiger partial charge in [-0.1, -0.05) is 71.7 Å². The van der Waals surface area contributed by atoms with Gasteiger partial charge in [0.25, 0.3) is 0 Å². The Morgan fingerprint density at radius 1 is 0.905 bits per heavy atom. The molecule has 0 aliphatic heterocycles. The van der Waals surface area contributed by atoms with Gasteiger partial charge in [-0.2, -0.15) is 0 Å². The van der Waals surface area contributed by atoms with Gasteiger partial charge < -0.3 is 0 Å². The van der Waals surface area contributed by atoms with E-state index < -0.39 is 0 Å². The number of rotatable bonds is 0. The molecule has 3 aromatic carbocycles. The Morgan fingerprint density at radius 3 is 2.48 bits per heavy atom. The molecule has 21 heavy (non-hydrogen) atoms. The van der Waals surface area contributed by atoms with Crippen molar-refractivity contribution in [1.82, 2.24) is 0 Å². The summed E-state index contributed by atoms with van der Waals surface area (Å²) in [5.74, 6) is 0. The number of hydrogen-bond donors (Lipinski definition) is 0. The van der Waals surface area contributed by atoms with Gasteiger partial charge in [0.1, 0.15) is 0 Å². The predicted octanol–water partition coefficient (Wildman–Crippen LogP) is 6.56. The lowest BCUT2D eigenvalue weighted by Gasteiger charge is -2.23. The van der Waals surface area contributed by atoms with E-state index in [1.165, 1.54) is 27.6 Å². The van der Waals surface area contributed by atoms with Gasteiger partial charge in [-0.15, -0.1) is 0 Å². The molecule has 104 valence electrons. The number of halogens is 2. The maximum absolute atomic E-state index is 6.54. The van der Waals surface area contributed by atoms with E-state index in [-0.39, 0.29) is 5.41 Å². The molecule has 3 aromatic rings. The average molecular weight is 358 g/mol. The molecule has 0 saturated heterocycles. The zero-order valence-corrected chi connectivity index (χ0v) is 14.2. The molecule has 4 rings (SSSR count). The Morgan fingerprint density at radius 2 is 1.67 bits per heavy atom. The van der Waals surface area contributed by atoms with Gasteiger partial charge in [0.15, 0.2) is 0 Å². The number of fused-ring (bicyclic) bond motifs is 5. The van der Waals surface area contributed by atoms with Crippen LogP contribution < -0.4 is 0 Å². The van der Waals surface area contributed by atoms with Gasteiger partial charge in [-0.05, 0) is 45.8 Å². The number of benzene rings is 3. The molecule has 0 radical (unpaired) electrons. The minimum absolute atomic E-state index is 0.00441. The van der Waals surface area contributed by atoms with Crippen LogP contribution in [0, 0.1) is 0 Å². The van der Waals surface area contributed by atoms with Crippen molar-refractivity contribution in [1.29, 1.82) is 0 Å². The predicted molar refractivity (Wildman–Crippen MR) is 94.2 cm³/mol. The summed E-state index contributed by atoms with van der Waals surface area (Å²) in [7, 11) is 0. The minimum atomic E-state index is -0.00441. The lowest BCUT2D eigenvalue weighted by Crippen LogP contribution is -2.15. The molecule has 0 heterocycles. The van der Waals surface area contributed by atoms with Crippen LogP contribution in [0.25, 0.3) is 21.9 Å². The van der Waals surface area contributed by atoms with E-state index in [2.05, 4.69) is 78.3 Å². The summed E-state index contributed by atoms with van der Waals surface area (Å²) in [5.41, 5.74) is 5.33. The van der Waals surface area contributed by atoms with Crippen LogP contribution in [0.1, 0.15) is 25.0 Å². The van der Waals surface area contributed by atoms with Crippen LogP contribution in [0.2, 0.25) is 5.02 Å². The highest BCUT2D eigenvalue weighted by atomic mass is 79.9. The summed E-state index contributed by atoms with van der Waals surface area (Å²) in [4.78, 5) is 0. The second kappa shape index (κ2) is 4.34. The maximum atomic E-state index is 6.54. The highest BCUT2D eigenvalue weighted by molar-refractivity contribution is 9.10. The van der Waals surface area contributed by atoms with Gasteiger partial charge in [0, 0.05) is 20.3 Å². The molecule has 0 N–H and O–H groups in total. The first-order valence-electron chi connectivity index (χ1n) is 7.02. The van der Waals surface area contributed by atoms with Gasteiger partial charge in [-0.25, -0.2) is 0 Å². The largest absolute Gasteiger partial charge is 0.0836 e. The molecule has 0 bridgehead atoms. The molecule has 0 fully saturated rings. The zero-order valence-electron chi connectivity index (χ0n) is 11.9. The zero-order chi connectivity index (χ0) is 14.8. The van der Waals surface area contributed by atoms with Crippen molar-refractivity contribution in [3.05, 3.63) is 69.2 Å². The SMILES string of the molecule is CC1(C)c2ccccc2-c2cc(Cl)c3ccc(Br)cc3c21. The maximum Gasteiger partial charge on any atom is 0.0490 e. The van der Waals surface area contributed by atoms with Crippen molar-refractivity contribution in [3.8, 4) is 11.1 Å². The third kappa shape index (κ3) is 1.74. The van der Waals surface area contributed by atoms with Crippen LogP contribution in [0.3, 0.4) is 0 Å². The summed E-state index contributed by atoms with van der Waals surface area (Å²) >= 11 is 10.1.